The third kappa shape index (κ3) is 3.93. The summed E-state index contributed by atoms with van der Waals surface area (Å²) in [6.45, 7) is 8.14. The molecule has 0 aliphatic carbocycles. The molecule has 1 fully saturated rings. The Hall–Kier alpha value is -1.82. The Balaban J connectivity index is 1.72. The molecule has 1 saturated heterocycles. The van der Waals surface area contributed by atoms with E-state index in [9.17, 15) is 0 Å². The minimum absolute atomic E-state index is 0.455. The van der Waals surface area contributed by atoms with E-state index in [0.717, 1.165) is 32.1 Å². The largest absolute Gasteiger partial charge is 0.357 e. The van der Waals surface area contributed by atoms with Gasteiger partial charge in [-0.25, -0.2) is 9.98 Å². The molecule has 124 valence electrons. The molecule has 1 N–H and O–H groups in total. The monoisotopic (exact) mass is 331 g/mol. The second-order valence-corrected chi connectivity index (χ2v) is 7.07. The summed E-state index contributed by atoms with van der Waals surface area (Å²) in [6.07, 6.45) is 7.04. The zero-order valence-electron chi connectivity index (χ0n) is 13.9. The minimum Gasteiger partial charge on any atom is -0.357 e. The van der Waals surface area contributed by atoms with Crippen LogP contribution in [0.4, 0.5) is 0 Å². The van der Waals surface area contributed by atoms with E-state index in [0.29, 0.717) is 12.0 Å². The van der Waals surface area contributed by atoms with Crippen LogP contribution in [0.15, 0.2) is 41.2 Å². The molecule has 0 saturated carbocycles. The van der Waals surface area contributed by atoms with Gasteiger partial charge in [0.05, 0.1) is 18.9 Å². The number of nitrogens with zero attached hydrogens (tertiary/aromatic N) is 4. The maximum Gasteiger partial charge on any atom is 0.194 e. The van der Waals surface area contributed by atoms with E-state index in [1.54, 1.807) is 11.3 Å². The van der Waals surface area contributed by atoms with Crippen LogP contribution in [0.5, 0.6) is 0 Å². The fraction of sp³-hybridized carbons (Fsp3) is 0.529. The first-order chi connectivity index (χ1) is 11.3. The number of hydrogen-bond acceptors (Lipinski definition) is 3. The second-order valence-electron chi connectivity index (χ2n) is 6.04. The van der Waals surface area contributed by atoms with E-state index in [1.807, 2.05) is 12.5 Å². The number of aliphatic imine (C=N–C) groups is 1. The summed E-state index contributed by atoms with van der Waals surface area (Å²) in [4.78, 5) is 12.7. The molecule has 3 heterocycles. The molecule has 6 heteroatoms. The van der Waals surface area contributed by atoms with Gasteiger partial charge in [-0.05, 0) is 30.7 Å². The lowest BCUT2D eigenvalue weighted by molar-refractivity contribution is 0.189. The molecule has 0 aromatic carbocycles. The molecular formula is C17H25N5S. The zero-order chi connectivity index (χ0) is 16.1. The van der Waals surface area contributed by atoms with Crippen molar-refractivity contribution in [3.63, 3.8) is 0 Å². The molecular weight excluding hydrogens is 306 g/mol. The van der Waals surface area contributed by atoms with Gasteiger partial charge < -0.3 is 14.8 Å². The van der Waals surface area contributed by atoms with Gasteiger partial charge in [0, 0.05) is 36.9 Å². The van der Waals surface area contributed by atoms with Crippen LogP contribution in [0.2, 0.25) is 0 Å². The Morgan fingerprint density at radius 3 is 3.13 bits per heavy atom. The Bertz CT molecular complexity index is 605. The summed E-state index contributed by atoms with van der Waals surface area (Å²) in [6, 6.07) is 4.68. The predicted molar refractivity (Wildman–Crippen MR) is 95.8 cm³/mol. The zero-order valence-corrected chi connectivity index (χ0v) is 14.7. The highest BCUT2D eigenvalue weighted by Crippen LogP contribution is 2.27. The third-order valence-corrected chi connectivity index (χ3v) is 5.29. The first-order valence-corrected chi connectivity index (χ1v) is 9.19. The van der Waals surface area contributed by atoms with Crippen molar-refractivity contribution in [1.82, 2.24) is 19.8 Å². The van der Waals surface area contributed by atoms with Crippen LogP contribution < -0.4 is 5.32 Å². The number of nitrogens with one attached hydrogen (secondary N) is 1. The molecule has 2 aromatic heterocycles. The summed E-state index contributed by atoms with van der Waals surface area (Å²) >= 11 is 1.76. The van der Waals surface area contributed by atoms with Gasteiger partial charge in [0.2, 0.25) is 0 Å². The van der Waals surface area contributed by atoms with Crippen molar-refractivity contribution >= 4 is 17.3 Å². The Labute approximate surface area is 142 Å². The lowest BCUT2D eigenvalue weighted by Crippen LogP contribution is -2.49. The van der Waals surface area contributed by atoms with Crippen LogP contribution in [0.25, 0.3) is 0 Å². The van der Waals surface area contributed by atoms with Gasteiger partial charge in [0.25, 0.3) is 0 Å². The van der Waals surface area contributed by atoms with Crippen LogP contribution >= 0.6 is 11.3 Å². The highest BCUT2D eigenvalue weighted by atomic mass is 32.1. The normalized spacial score (nSPS) is 22.3. The number of likely N-dealkylation sites (tertiary alicyclic amines) is 1. The van der Waals surface area contributed by atoms with Gasteiger partial charge in [0.1, 0.15) is 0 Å². The Kier molecular flexibility index (Phi) is 5.33. The fourth-order valence-electron chi connectivity index (χ4n) is 3.08. The number of rotatable bonds is 4. The van der Waals surface area contributed by atoms with Crippen molar-refractivity contribution in [3.8, 4) is 0 Å². The van der Waals surface area contributed by atoms with Gasteiger partial charge in [-0.2, -0.15) is 0 Å². The highest BCUT2D eigenvalue weighted by molar-refractivity contribution is 7.09. The van der Waals surface area contributed by atoms with Crippen molar-refractivity contribution in [2.75, 3.05) is 19.6 Å². The molecule has 2 atom stereocenters. The molecule has 1 aliphatic rings. The van der Waals surface area contributed by atoms with Gasteiger partial charge in [-0.1, -0.05) is 13.0 Å². The quantitative estimate of drug-likeness (QED) is 0.692. The van der Waals surface area contributed by atoms with Crippen LogP contribution in [0.1, 0.15) is 31.2 Å². The molecule has 0 radical (unpaired) electrons. The summed E-state index contributed by atoms with van der Waals surface area (Å²) in [5.41, 5.74) is 0. The SMILES string of the molecule is CCNC(=NCc1cccs1)N1CCC(C)C(n2ccnc2)C1. The average molecular weight is 331 g/mol. The van der Waals surface area contributed by atoms with Crippen molar-refractivity contribution in [2.24, 2.45) is 10.9 Å². The summed E-state index contributed by atoms with van der Waals surface area (Å²) in [5.74, 6) is 1.68. The molecule has 0 bridgehead atoms. The molecule has 5 nitrogen and oxygen atoms in total. The topological polar surface area (TPSA) is 45.5 Å². The van der Waals surface area contributed by atoms with E-state index < -0.39 is 0 Å². The average Bonchev–Trinajstić information content (AvgIpc) is 3.25. The maximum atomic E-state index is 4.84. The first kappa shape index (κ1) is 16.1. The van der Waals surface area contributed by atoms with Crippen LogP contribution in [0, 0.1) is 5.92 Å². The number of thiophene rings is 1. The minimum atomic E-state index is 0.455. The van der Waals surface area contributed by atoms with Gasteiger partial charge in [-0.15, -0.1) is 11.3 Å². The molecule has 3 rings (SSSR count). The van der Waals surface area contributed by atoms with Crippen molar-refractivity contribution < 1.29 is 0 Å². The van der Waals surface area contributed by atoms with Crippen LogP contribution in [-0.2, 0) is 6.54 Å². The number of hydrogen-bond donors (Lipinski definition) is 1. The maximum absolute atomic E-state index is 4.84. The summed E-state index contributed by atoms with van der Waals surface area (Å²) < 4.78 is 2.24. The standard InChI is InChI=1S/C17H25N5S/c1-3-19-17(20-11-15-5-4-10-23-15)21-8-6-14(2)16(12-21)22-9-7-18-13-22/h4-5,7,9-10,13-14,16H,3,6,8,11-12H2,1-2H3,(H,19,20). The van der Waals surface area contributed by atoms with Gasteiger partial charge >= 0.3 is 0 Å². The van der Waals surface area contributed by atoms with Crippen molar-refractivity contribution in [2.45, 2.75) is 32.9 Å². The van der Waals surface area contributed by atoms with Crippen molar-refractivity contribution in [3.05, 3.63) is 41.1 Å². The molecule has 1 aliphatic heterocycles. The predicted octanol–water partition coefficient (Wildman–Crippen LogP) is 2.99. The molecule has 23 heavy (non-hydrogen) atoms. The van der Waals surface area contributed by atoms with E-state index in [2.05, 4.69) is 57.3 Å². The Morgan fingerprint density at radius 1 is 1.52 bits per heavy atom. The summed E-state index contributed by atoms with van der Waals surface area (Å²) in [7, 11) is 0. The fourth-order valence-corrected chi connectivity index (χ4v) is 3.70. The number of aromatic nitrogens is 2. The first-order valence-electron chi connectivity index (χ1n) is 8.31. The third-order valence-electron chi connectivity index (χ3n) is 4.43. The second kappa shape index (κ2) is 7.64. The van der Waals surface area contributed by atoms with Gasteiger partial charge in [0.15, 0.2) is 5.96 Å². The number of piperidine rings is 1. The highest BCUT2D eigenvalue weighted by Gasteiger charge is 2.28. The summed E-state index contributed by atoms with van der Waals surface area (Å²) in [5, 5.41) is 5.56. The van der Waals surface area contributed by atoms with Gasteiger partial charge in [-0.3, -0.25) is 0 Å². The van der Waals surface area contributed by atoms with Crippen LogP contribution in [-0.4, -0.2) is 40.0 Å². The van der Waals surface area contributed by atoms with Crippen LogP contribution in [0.3, 0.4) is 0 Å². The molecule has 2 unspecified atom stereocenters. The Morgan fingerprint density at radius 2 is 2.43 bits per heavy atom. The molecule has 0 spiro atoms. The van der Waals surface area contributed by atoms with E-state index in [4.69, 9.17) is 4.99 Å². The van der Waals surface area contributed by atoms with E-state index in [-0.39, 0.29) is 0 Å². The molecule has 0 amide bonds. The van der Waals surface area contributed by atoms with Crippen molar-refractivity contribution in [1.29, 1.82) is 0 Å². The lowest BCUT2D eigenvalue weighted by atomic mass is 9.93. The molecule has 2 aromatic rings. The number of imidazole rings is 1. The number of guanidine groups is 1. The van der Waals surface area contributed by atoms with E-state index in [1.165, 1.54) is 11.3 Å². The van der Waals surface area contributed by atoms with E-state index >= 15 is 0 Å². The smallest absolute Gasteiger partial charge is 0.194 e. The lowest BCUT2D eigenvalue weighted by Gasteiger charge is -2.39.